The van der Waals surface area contributed by atoms with Crippen LogP contribution < -0.4 is 24.5 Å². The minimum atomic E-state index is -0.180. The van der Waals surface area contributed by atoms with E-state index in [9.17, 15) is 4.79 Å². The summed E-state index contributed by atoms with van der Waals surface area (Å²) in [7, 11) is 8.06. The molecule has 2 aromatic heterocycles. The van der Waals surface area contributed by atoms with Crippen LogP contribution in [-0.4, -0.2) is 33.0 Å². The molecule has 7 nitrogen and oxygen atoms in total. The van der Waals surface area contributed by atoms with E-state index in [1.807, 2.05) is 36.4 Å². The number of pyridine rings is 1. The number of rotatable bonds is 5. The summed E-state index contributed by atoms with van der Waals surface area (Å²) in [5, 5.41) is 3.94. The highest BCUT2D eigenvalue weighted by atomic mass is 16.5. The fraction of sp³-hybridized carbons (Fsp3) is 0.192. The number of nitrogens with zero attached hydrogens (tertiary/aromatic N) is 1. The fourth-order valence-corrected chi connectivity index (χ4v) is 4.67. The van der Waals surface area contributed by atoms with Crippen LogP contribution in [0.2, 0.25) is 0 Å². The molecular weight excluding hydrogens is 422 g/mol. The molecule has 33 heavy (non-hydrogen) atoms. The standard InChI is InChI=1S/C26H23NO6/c1-27-23-17(15-8-9-19(29-2)24(31-4)22(15)26(27)28)7-6-16-18(23)12-20(30-3)25(32-5)21(16)14-10-11-33-13-14/h6-13H,1-5H3. The maximum atomic E-state index is 13.6. The van der Waals surface area contributed by atoms with Gasteiger partial charge in [-0.3, -0.25) is 4.79 Å². The maximum Gasteiger partial charge on any atom is 0.262 e. The number of hydrogen-bond donors (Lipinski definition) is 0. The van der Waals surface area contributed by atoms with Gasteiger partial charge in [-0.15, -0.1) is 0 Å². The molecule has 0 aliphatic rings. The molecule has 0 unspecified atom stereocenters. The molecule has 0 atom stereocenters. The second kappa shape index (κ2) is 7.78. The molecule has 0 aliphatic heterocycles. The van der Waals surface area contributed by atoms with Gasteiger partial charge in [-0.1, -0.05) is 12.1 Å². The topological polar surface area (TPSA) is 72.1 Å². The van der Waals surface area contributed by atoms with E-state index in [0.717, 1.165) is 38.2 Å². The molecule has 3 aromatic carbocycles. The van der Waals surface area contributed by atoms with Crippen LogP contribution in [0.4, 0.5) is 0 Å². The first-order chi connectivity index (χ1) is 16.0. The van der Waals surface area contributed by atoms with Gasteiger partial charge in [0.1, 0.15) is 0 Å². The van der Waals surface area contributed by atoms with Crippen LogP contribution in [0.15, 0.2) is 58.1 Å². The normalized spacial score (nSPS) is 11.3. The lowest BCUT2D eigenvalue weighted by Gasteiger charge is -2.19. The highest BCUT2D eigenvalue weighted by Crippen LogP contribution is 2.46. The first-order valence-electron chi connectivity index (χ1n) is 10.3. The van der Waals surface area contributed by atoms with Gasteiger partial charge in [0.05, 0.1) is 51.9 Å². The summed E-state index contributed by atoms with van der Waals surface area (Å²) in [6.07, 6.45) is 3.28. The molecular formula is C26H23NO6. The number of hydrogen-bond acceptors (Lipinski definition) is 6. The predicted octanol–water partition coefficient (Wildman–Crippen LogP) is 5.14. The maximum absolute atomic E-state index is 13.6. The molecule has 0 fully saturated rings. The van der Waals surface area contributed by atoms with Gasteiger partial charge in [0.25, 0.3) is 5.56 Å². The number of methoxy groups -OCH3 is 4. The van der Waals surface area contributed by atoms with Crippen LogP contribution in [0, 0.1) is 0 Å². The molecule has 5 aromatic rings. The number of benzene rings is 3. The largest absolute Gasteiger partial charge is 0.493 e. The lowest BCUT2D eigenvalue weighted by Crippen LogP contribution is -2.18. The lowest BCUT2D eigenvalue weighted by molar-refractivity contribution is 0.357. The minimum Gasteiger partial charge on any atom is -0.493 e. The number of aryl methyl sites for hydroxylation is 1. The SMILES string of the molecule is COc1cc2c(ccc3c4ccc(OC)c(OC)c4c(=O)n(C)c23)c(-c2ccoc2)c1OC. The molecule has 0 spiro atoms. The highest BCUT2D eigenvalue weighted by Gasteiger charge is 2.22. The summed E-state index contributed by atoms with van der Waals surface area (Å²) >= 11 is 0. The molecule has 0 radical (unpaired) electrons. The second-order valence-electron chi connectivity index (χ2n) is 7.64. The van der Waals surface area contributed by atoms with E-state index < -0.39 is 0 Å². The van der Waals surface area contributed by atoms with Crippen LogP contribution in [0.3, 0.4) is 0 Å². The Bertz CT molecular complexity index is 1580. The van der Waals surface area contributed by atoms with Gasteiger partial charge < -0.3 is 27.9 Å². The van der Waals surface area contributed by atoms with Crippen LogP contribution >= 0.6 is 0 Å². The van der Waals surface area contributed by atoms with Gasteiger partial charge in [-0.05, 0) is 29.7 Å². The molecule has 0 aliphatic carbocycles. The number of aromatic nitrogens is 1. The van der Waals surface area contributed by atoms with E-state index in [1.54, 1.807) is 45.5 Å². The van der Waals surface area contributed by atoms with Gasteiger partial charge >= 0.3 is 0 Å². The Morgan fingerprint density at radius 2 is 1.45 bits per heavy atom. The second-order valence-corrected chi connectivity index (χ2v) is 7.64. The summed E-state index contributed by atoms with van der Waals surface area (Å²) in [4.78, 5) is 13.6. The Morgan fingerprint density at radius 1 is 0.758 bits per heavy atom. The molecule has 5 rings (SSSR count). The Morgan fingerprint density at radius 3 is 2.09 bits per heavy atom. The summed E-state index contributed by atoms with van der Waals surface area (Å²) in [5.41, 5.74) is 2.29. The van der Waals surface area contributed by atoms with Gasteiger partial charge in [-0.25, -0.2) is 0 Å². The van der Waals surface area contributed by atoms with Crippen molar-refractivity contribution < 1.29 is 23.4 Å². The highest BCUT2D eigenvalue weighted by molar-refractivity contribution is 6.19. The number of fused-ring (bicyclic) bond motifs is 5. The van der Waals surface area contributed by atoms with E-state index in [2.05, 4.69) is 0 Å². The summed E-state index contributed by atoms with van der Waals surface area (Å²) in [6.45, 7) is 0. The molecule has 0 saturated heterocycles. The van der Waals surface area contributed by atoms with Crippen molar-refractivity contribution in [2.45, 2.75) is 0 Å². The van der Waals surface area contributed by atoms with Crippen molar-refractivity contribution in [3.8, 4) is 34.1 Å². The molecule has 0 bridgehead atoms. The van der Waals surface area contributed by atoms with Crippen molar-refractivity contribution in [2.24, 2.45) is 7.05 Å². The van der Waals surface area contributed by atoms with Crippen molar-refractivity contribution in [3.05, 3.63) is 59.3 Å². The number of furan rings is 1. The van der Waals surface area contributed by atoms with Gasteiger partial charge in [0.15, 0.2) is 23.0 Å². The molecule has 2 heterocycles. The third-order valence-corrected chi connectivity index (χ3v) is 6.14. The number of ether oxygens (including phenoxy) is 4. The van der Waals surface area contributed by atoms with Gasteiger partial charge in [-0.2, -0.15) is 0 Å². The Kier molecular flexibility index (Phi) is 4.89. The third kappa shape index (κ3) is 2.85. The molecule has 0 saturated carbocycles. The van der Waals surface area contributed by atoms with Crippen LogP contribution in [0.5, 0.6) is 23.0 Å². The van der Waals surface area contributed by atoms with E-state index >= 15 is 0 Å². The Labute approximate surface area is 189 Å². The smallest absolute Gasteiger partial charge is 0.262 e. The summed E-state index contributed by atoms with van der Waals surface area (Å²) in [6, 6.07) is 11.5. The zero-order valence-corrected chi connectivity index (χ0v) is 19.0. The molecule has 0 N–H and O–H groups in total. The zero-order chi connectivity index (χ0) is 23.3. The monoisotopic (exact) mass is 445 g/mol. The first kappa shape index (κ1) is 20.8. The van der Waals surface area contributed by atoms with Gasteiger partial charge in [0, 0.05) is 34.3 Å². The van der Waals surface area contributed by atoms with Gasteiger partial charge in [0.2, 0.25) is 0 Å². The predicted molar refractivity (Wildman–Crippen MR) is 128 cm³/mol. The van der Waals surface area contributed by atoms with Crippen molar-refractivity contribution in [3.63, 3.8) is 0 Å². The summed E-state index contributed by atoms with van der Waals surface area (Å²) < 4.78 is 29.4. The van der Waals surface area contributed by atoms with Crippen LogP contribution in [-0.2, 0) is 7.05 Å². The molecule has 7 heteroatoms. The average Bonchev–Trinajstić information content (AvgIpc) is 3.38. The van der Waals surface area contributed by atoms with Crippen molar-refractivity contribution >= 4 is 32.4 Å². The van der Waals surface area contributed by atoms with Crippen molar-refractivity contribution in [1.29, 1.82) is 0 Å². The zero-order valence-electron chi connectivity index (χ0n) is 19.0. The Balaban J connectivity index is 2.03. The van der Waals surface area contributed by atoms with Crippen molar-refractivity contribution in [1.82, 2.24) is 4.57 Å². The lowest BCUT2D eigenvalue weighted by atomic mass is 9.94. The van der Waals surface area contributed by atoms with Crippen LogP contribution in [0.25, 0.3) is 43.6 Å². The molecule has 0 amide bonds. The Hall–Kier alpha value is -4.13. The van der Waals surface area contributed by atoms with E-state index in [1.165, 1.54) is 7.11 Å². The minimum absolute atomic E-state index is 0.180. The first-order valence-corrected chi connectivity index (χ1v) is 10.3. The average molecular weight is 445 g/mol. The molecule has 168 valence electrons. The quantitative estimate of drug-likeness (QED) is 0.349. The van der Waals surface area contributed by atoms with Crippen molar-refractivity contribution in [2.75, 3.05) is 28.4 Å². The van der Waals surface area contributed by atoms with E-state index in [0.29, 0.717) is 28.4 Å². The summed E-state index contributed by atoms with van der Waals surface area (Å²) in [5.74, 6) is 2.09. The third-order valence-electron chi connectivity index (χ3n) is 6.14. The van der Waals surface area contributed by atoms with E-state index in [4.69, 9.17) is 23.4 Å². The fourth-order valence-electron chi connectivity index (χ4n) is 4.67. The van der Waals surface area contributed by atoms with E-state index in [-0.39, 0.29) is 5.56 Å². The van der Waals surface area contributed by atoms with Crippen LogP contribution in [0.1, 0.15) is 0 Å².